The molecule has 0 aliphatic carbocycles. The number of benzene rings is 1. The lowest BCUT2D eigenvalue weighted by Crippen LogP contribution is -2.07. The molecule has 3 aromatic heterocycles. The van der Waals surface area contributed by atoms with Gasteiger partial charge in [0, 0.05) is 24.8 Å². The molecule has 3 N–H and O–H groups in total. The Kier molecular flexibility index (Phi) is 6.33. The normalized spacial score (nSPS) is 11.0. The Morgan fingerprint density at radius 3 is 2.78 bits per heavy atom. The van der Waals surface area contributed by atoms with Crippen LogP contribution < -0.4 is 14.8 Å². The third-order valence-corrected chi connectivity index (χ3v) is 5.42. The van der Waals surface area contributed by atoms with E-state index in [-0.39, 0.29) is 17.9 Å². The quantitative estimate of drug-likeness (QED) is 0.264. The van der Waals surface area contributed by atoms with Crippen LogP contribution in [0.1, 0.15) is 27.0 Å². The van der Waals surface area contributed by atoms with Crippen molar-refractivity contribution >= 4 is 41.3 Å². The summed E-state index contributed by atoms with van der Waals surface area (Å²) >= 11 is 1.10. The van der Waals surface area contributed by atoms with E-state index in [0.29, 0.717) is 34.3 Å². The van der Waals surface area contributed by atoms with E-state index in [1.54, 1.807) is 48.8 Å². The molecule has 0 atom stereocenters. The van der Waals surface area contributed by atoms with Crippen molar-refractivity contribution in [2.24, 2.45) is 0 Å². The van der Waals surface area contributed by atoms with Crippen LogP contribution in [0.3, 0.4) is 0 Å². The maximum absolute atomic E-state index is 14.9. The average Bonchev–Trinajstić information content (AvgIpc) is 3.27. The number of fused-ring (bicyclic) bond motifs is 1. The van der Waals surface area contributed by atoms with Crippen molar-refractivity contribution in [2.75, 3.05) is 17.1 Å². The number of imidazole rings is 1. The van der Waals surface area contributed by atoms with E-state index in [4.69, 9.17) is 0 Å². The van der Waals surface area contributed by atoms with Gasteiger partial charge in [0.05, 0.1) is 23.0 Å². The van der Waals surface area contributed by atoms with Crippen LogP contribution in [0.15, 0.2) is 49.1 Å². The van der Waals surface area contributed by atoms with Gasteiger partial charge in [0.2, 0.25) is 0 Å². The molecule has 3 heterocycles. The summed E-state index contributed by atoms with van der Waals surface area (Å²) in [5.41, 5.74) is 3.08. The number of nitrogens with one attached hydrogen (secondary N) is 3. The SMILES string of the molecule is CNSNc1nccc(Cc2cc(C=O)c(Nc3ccc(C)cc3F)n3cncc23)c1F. The van der Waals surface area contributed by atoms with Gasteiger partial charge in [0.15, 0.2) is 17.9 Å². The first-order chi connectivity index (χ1) is 15.5. The van der Waals surface area contributed by atoms with Gasteiger partial charge >= 0.3 is 0 Å². The van der Waals surface area contributed by atoms with Crippen LogP contribution in [-0.4, -0.2) is 27.7 Å². The van der Waals surface area contributed by atoms with E-state index in [1.807, 2.05) is 0 Å². The molecule has 0 bridgehead atoms. The number of halogens is 2. The van der Waals surface area contributed by atoms with Crippen molar-refractivity contribution in [2.45, 2.75) is 13.3 Å². The summed E-state index contributed by atoms with van der Waals surface area (Å²) in [5.74, 6) is -0.431. The van der Waals surface area contributed by atoms with Gasteiger partial charge < -0.3 is 5.32 Å². The molecule has 4 rings (SSSR count). The van der Waals surface area contributed by atoms with Crippen LogP contribution in [0, 0.1) is 18.6 Å². The highest BCUT2D eigenvalue weighted by atomic mass is 32.2. The minimum absolute atomic E-state index is 0.107. The topological polar surface area (TPSA) is 83.3 Å². The largest absolute Gasteiger partial charge is 0.338 e. The number of hydrogen-bond donors (Lipinski definition) is 3. The minimum Gasteiger partial charge on any atom is -0.338 e. The molecule has 164 valence electrons. The second-order valence-corrected chi connectivity index (χ2v) is 7.88. The zero-order valence-corrected chi connectivity index (χ0v) is 18.1. The van der Waals surface area contributed by atoms with Crippen LogP contribution >= 0.6 is 12.1 Å². The third-order valence-electron chi connectivity index (χ3n) is 4.92. The van der Waals surface area contributed by atoms with Gasteiger partial charge in [-0.05, 0) is 54.9 Å². The van der Waals surface area contributed by atoms with Crippen molar-refractivity contribution in [1.29, 1.82) is 0 Å². The number of pyridine rings is 2. The maximum Gasteiger partial charge on any atom is 0.173 e. The summed E-state index contributed by atoms with van der Waals surface area (Å²) in [5, 5.41) is 3.00. The number of nitrogens with zero attached hydrogens (tertiary/aromatic N) is 3. The second-order valence-electron chi connectivity index (χ2n) is 7.07. The maximum atomic E-state index is 14.9. The van der Waals surface area contributed by atoms with Gasteiger partial charge in [0.25, 0.3) is 0 Å². The Labute approximate surface area is 187 Å². The van der Waals surface area contributed by atoms with Crippen molar-refractivity contribution in [3.05, 3.63) is 82.9 Å². The lowest BCUT2D eigenvalue weighted by Gasteiger charge is -2.16. The molecule has 0 saturated heterocycles. The van der Waals surface area contributed by atoms with Gasteiger partial charge in [-0.25, -0.2) is 23.5 Å². The summed E-state index contributed by atoms with van der Waals surface area (Å²) in [7, 11) is 1.70. The highest BCUT2D eigenvalue weighted by Gasteiger charge is 2.17. The van der Waals surface area contributed by atoms with Gasteiger partial charge in [-0.3, -0.25) is 13.9 Å². The van der Waals surface area contributed by atoms with Crippen molar-refractivity contribution in [3.63, 3.8) is 0 Å². The monoisotopic (exact) mass is 454 g/mol. The number of anilines is 3. The minimum atomic E-state index is -0.482. The summed E-state index contributed by atoms with van der Waals surface area (Å²) in [6, 6.07) is 8.04. The van der Waals surface area contributed by atoms with Gasteiger partial charge in [-0.15, -0.1) is 0 Å². The van der Waals surface area contributed by atoms with Crippen LogP contribution in [0.2, 0.25) is 0 Å². The summed E-state index contributed by atoms with van der Waals surface area (Å²) in [4.78, 5) is 20.1. The second kappa shape index (κ2) is 9.33. The van der Waals surface area contributed by atoms with Crippen molar-refractivity contribution in [3.8, 4) is 0 Å². The third kappa shape index (κ3) is 4.27. The molecule has 10 heteroatoms. The first-order valence-electron chi connectivity index (χ1n) is 9.70. The summed E-state index contributed by atoms with van der Waals surface area (Å²) in [6.45, 7) is 1.79. The van der Waals surface area contributed by atoms with E-state index in [2.05, 4.69) is 24.7 Å². The molecule has 0 fully saturated rings. The molecule has 0 spiro atoms. The van der Waals surface area contributed by atoms with Gasteiger partial charge in [-0.2, -0.15) is 0 Å². The van der Waals surface area contributed by atoms with Crippen molar-refractivity contribution in [1.82, 2.24) is 19.1 Å². The number of hydrogen-bond acceptors (Lipinski definition) is 7. The van der Waals surface area contributed by atoms with Crippen LogP contribution in [0.4, 0.5) is 26.1 Å². The van der Waals surface area contributed by atoms with Gasteiger partial charge in [0.1, 0.15) is 18.0 Å². The Morgan fingerprint density at radius 2 is 2.03 bits per heavy atom. The number of rotatable bonds is 8. The van der Waals surface area contributed by atoms with Crippen LogP contribution in [0.25, 0.3) is 5.52 Å². The average molecular weight is 455 g/mol. The smallest absolute Gasteiger partial charge is 0.173 e. The molecule has 32 heavy (non-hydrogen) atoms. The molecule has 0 unspecified atom stereocenters. The van der Waals surface area contributed by atoms with Crippen LogP contribution in [0.5, 0.6) is 0 Å². The fraction of sp³-hybridized carbons (Fsp3) is 0.136. The van der Waals surface area contributed by atoms with E-state index in [9.17, 15) is 13.6 Å². The summed E-state index contributed by atoms with van der Waals surface area (Å²) in [6.07, 6.45) is 5.55. The zero-order valence-electron chi connectivity index (χ0n) is 17.3. The lowest BCUT2D eigenvalue weighted by atomic mass is 10.0. The molecule has 0 radical (unpaired) electrons. The molecule has 0 aliphatic heterocycles. The first-order valence-corrected chi connectivity index (χ1v) is 10.5. The number of aromatic nitrogens is 3. The molecule has 0 saturated carbocycles. The molecule has 0 amide bonds. The Hall–Kier alpha value is -3.50. The summed E-state index contributed by atoms with van der Waals surface area (Å²) < 4.78 is 36.6. The highest BCUT2D eigenvalue weighted by molar-refractivity contribution is 7.98. The van der Waals surface area contributed by atoms with Crippen molar-refractivity contribution < 1.29 is 13.6 Å². The predicted octanol–water partition coefficient (Wildman–Crippen LogP) is 4.66. The van der Waals surface area contributed by atoms with Crippen LogP contribution in [-0.2, 0) is 6.42 Å². The fourth-order valence-corrected chi connectivity index (χ4v) is 3.73. The Balaban J connectivity index is 1.75. The molecule has 1 aromatic carbocycles. The highest BCUT2D eigenvalue weighted by Crippen LogP contribution is 2.29. The Morgan fingerprint density at radius 1 is 1.19 bits per heavy atom. The molecule has 0 aliphatic rings. The lowest BCUT2D eigenvalue weighted by molar-refractivity contribution is 0.112. The number of aldehydes is 1. The number of aryl methyl sites for hydroxylation is 1. The molecular formula is C22H20F2N6OS. The van der Waals surface area contributed by atoms with E-state index < -0.39 is 11.6 Å². The molecular weight excluding hydrogens is 434 g/mol. The molecule has 4 aromatic rings. The predicted molar refractivity (Wildman–Crippen MR) is 122 cm³/mol. The molecule has 7 nitrogen and oxygen atoms in total. The van der Waals surface area contributed by atoms with E-state index >= 15 is 0 Å². The standard InChI is InChI=1S/C22H20F2N6OS/c1-13-3-4-18(17(23)7-13)28-22-16(11-31)9-15(19-10-26-12-30(19)22)8-14-5-6-27-21(20(14)24)29-32-25-2/h3-7,9-12,25,28H,8H2,1-2H3,(H,27,29). The number of carbonyl (C=O) groups excluding carboxylic acids is 1. The Bertz CT molecular complexity index is 1290. The number of carbonyl (C=O) groups is 1. The zero-order chi connectivity index (χ0) is 22.7. The van der Waals surface area contributed by atoms with E-state index in [0.717, 1.165) is 17.7 Å². The van der Waals surface area contributed by atoms with E-state index in [1.165, 1.54) is 18.6 Å². The fourth-order valence-electron chi connectivity index (χ4n) is 3.39. The van der Waals surface area contributed by atoms with Gasteiger partial charge in [-0.1, -0.05) is 6.07 Å². The first kappa shape index (κ1) is 21.7.